The maximum atomic E-state index is 11.2. The van der Waals surface area contributed by atoms with Gasteiger partial charge in [-0.1, -0.05) is 0 Å². The van der Waals surface area contributed by atoms with Crippen molar-refractivity contribution in [2.75, 3.05) is 19.5 Å². The average molecular weight is 292 g/mol. The number of esters is 1. The Bertz CT molecular complexity index is 489. The molecule has 0 bridgehead atoms. The molecule has 0 N–H and O–H groups in total. The summed E-state index contributed by atoms with van der Waals surface area (Å²) < 4.78 is 31.0. The summed E-state index contributed by atoms with van der Waals surface area (Å²) >= 11 is 1.46. The third-order valence-electron chi connectivity index (χ3n) is 2.02. The SMILES string of the molecule is CCOC(=O)Cc1cc(CCOS(C)(=O)=O)cs1. The smallest absolute Gasteiger partial charge is 0.311 e. The van der Waals surface area contributed by atoms with Crippen LogP contribution < -0.4 is 0 Å². The van der Waals surface area contributed by atoms with E-state index in [9.17, 15) is 13.2 Å². The second-order valence-corrected chi connectivity index (χ2v) is 6.32. The molecular formula is C11H16O5S2. The summed E-state index contributed by atoms with van der Waals surface area (Å²) in [6, 6.07) is 1.87. The zero-order valence-electron chi connectivity index (χ0n) is 10.3. The Morgan fingerprint density at radius 3 is 2.78 bits per heavy atom. The predicted molar refractivity (Wildman–Crippen MR) is 69.2 cm³/mol. The third-order valence-corrected chi connectivity index (χ3v) is 3.60. The summed E-state index contributed by atoms with van der Waals surface area (Å²) in [6.45, 7) is 2.26. The van der Waals surface area contributed by atoms with Crippen LogP contribution in [0.25, 0.3) is 0 Å². The van der Waals surface area contributed by atoms with E-state index in [-0.39, 0.29) is 19.0 Å². The number of carbonyl (C=O) groups excluding carboxylic acids is 1. The lowest BCUT2D eigenvalue weighted by Gasteiger charge is -1.99. The van der Waals surface area contributed by atoms with Crippen molar-refractivity contribution in [3.05, 3.63) is 21.9 Å². The Morgan fingerprint density at radius 1 is 1.44 bits per heavy atom. The number of hydrogen-bond donors (Lipinski definition) is 0. The van der Waals surface area contributed by atoms with Gasteiger partial charge in [-0.05, 0) is 30.4 Å². The molecule has 1 aromatic rings. The topological polar surface area (TPSA) is 69.7 Å². The van der Waals surface area contributed by atoms with Crippen molar-refractivity contribution in [2.24, 2.45) is 0 Å². The molecule has 0 saturated carbocycles. The summed E-state index contributed by atoms with van der Waals surface area (Å²) in [4.78, 5) is 12.2. The quantitative estimate of drug-likeness (QED) is 0.561. The molecule has 0 unspecified atom stereocenters. The third kappa shape index (κ3) is 6.13. The minimum Gasteiger partial charge on any atom is -0.466 e. The van der Waals surface area contributed by atoms with Crippen molar-refractivity contribution in [1.29, 1.82) is 0 Å². The van der Waals surface area contributed by atoms with Gasteiger partial charge in [-0.2, -0.15) is 8.42 Å². The molecule has 7 heteroatoms. The Kier molecular flexibility index (Phi) is 5.77. The van der Waals surface area contributed by atoms with Gasteiger partial charge in [0.15, 0.2) is 0 Å². The first kappa shape index (κ1) is 15.1. The van der Waals surface area contributed by atoms with E-state index >= 15 is 0 Å². The molecular weight excluding hydrogens is 276 g/mol. The lowest BCUT2D eigenvalue weighted by molar-refractivity contribution is -0.142. The molecule has 1 heterocycles. The fourth-order valence-corrected chi connectivity index (χ4v) is 2.61. The van der Waals surface area contributed by atoms with Gasteiger partial charge in [0.05, 0.1) is 25.9 Å². The fraction of sp³-hybridized carbons (Fsp3) is 0.545. The van der Waals surface area contributed by atoms with Gasteiger partial charge < -0.3 is 4.74 Å². The molecule has 1 rings (SSSR count). The molecule has 0 aliphatic rings. The summed E-state index contributed by atoms with van der Waals surface area (Å²) in [5.74, 6) is -0.252. The van der Waals surface area contributed by atoms with Gasteiger partial charge in [0.2, 0.25) is 0 Å². The molecule has 0 spiro atoms. The Balaban J connectivity index is 2.41. The normalized spacial score (nSPS) is 11.4. The molecule has 0 aliphatic carbocycles. The molecule has 102 valence electrons. The number of thiophene rings is 1. The molecule has 1 aromatic heterocycles. The second-order valence-electron chi connectivity index (χ2n) is 3.68. The number of carbonyl (C=O) groups is 1. The van der Waals surface area contributed by atoms with Crippen LogP contribution in [0.3, 0.4) is 0 Å². The molecule has 0 atom stereocenters. The van der Waals surface area contributed by atoms with Gasteiger partial charge in [-0.3, -0.25) is 8.98 Å². The van der Waals surface area contributed by atoms with Crippen molar-refractivity contribution >= 4 is 27.4 Å². The van der Waals surface area contributed by atoms with E-state index in [0.29, 0.717) is 13.0 Å². The van der Waals surface area contributed by atoms with Gasteiger partial charge in [0.25, 0.3) is 10.1 Å². The van der Waals surface area contributed by atoms with Crippen molar-refractivity contribution in [2.45, 2.75) is 19.8 Å². The number of hydrogen-bond acceptors (Lipinski definition) is 6. The molecule has 0 fully saturated rings. The minimum absolute atomic E-state index is 0.119. The average Bonchev–Trinajstić information content (AvgIpc) is 2.64. The lowest BCUT2D eigenvalue weighted by Crippen LogP contribution is -2.06. The van der Waals surface area contributed by atoms with Crippen LogP contribution in [0.2, 0.25) is 0 Å². The molecule has 0 radical (unpaired) electrons. The van der Waals surface area contributed by atoms with Crippen LogP contribution in [0.5, 0.6) is 0 Å². The maximum Gasteiger partial charge on any atom is 0.311 e. The Morgan fingerprint density at radius 2 is 2.17 bits per heavy atom. The highest BCUT2D eigenvalue weighted by Gasteiger charge is 2.08. The highest BCUT2D eigenvalue weighted by Crippen LogP contribution is 2.16. The van der Waals surface area contributed by atoms with Crippen molar-refractivity contribution < 1.29 is 22.1 Å². The molecule has 0 aromatic carbocycles. The summed E-state index contributed by atoms with van der Waals surface area (Å²) in [5.41, 5.74) is 0.961. The van der Waals surface area contributed by atoms with E-state index in [1.165, 1.54) is 11.3 Å². The van der Waals surface area contributed by atoms with E-state index in [2.05, 4.69) is 4.18 Å². The Labute approximate surface area is 111 Å². The van der Waals surface area contributed by atoms with Crippen LogP contribution in [-0.2, 0) is 36.7 Å². The standard InChI is InChI=1S/C11H16O5S2/c1-3-15-11(12)7-10-6-9(8-17-10)4-5-16-18(2,13)14/h6,8H,3-5,7H2,1-2H3. The van der Waals surface area contributed by atoms with Gasteiger partial charge in [-0.25, -0.2) is 0 Å². The van der Waals surface area contributed by atoms with Crippen LogP contribution in [0, 0.1) is 0 Å². The molecule has 0 saturated heterocycles. The van der Waals surface area contributed by atoms with Crippen molar-refractivity contribution in [3.8, 4) is 0 Å². The highest BCUT2D eigenvalue weighted by molar-refractivity contribution is 7.85. The lowest BCUT2D eigenvalue weighted by atomic mass is 10.2. The maximum absolute atomic E-state index is 11.2. The molecule has 0 amide bonds. The van der Waals surface area contributed by atoms with Crippen molar-refractivity contribution in [1.82, 2.24) is 0 Å². The zero-order valence-corrected chi connectivity index (χ0v) is 12.0. The summed E-state index contributed by atoms with van der Waals surface area (Å²) in [6.07, 6.45) is 1.78. The minimum atomic E-state index is -3.38. The van der Waals surface area contributed by atoms with E-state index in [1.807, 2.05) is 11.4 Å². The largest absolute Gasteiger partial charge is 0.466 e. The van der Waals surface area contributed by atoms with Crippen LogP contribution in [0.1, 0.15) is 17.4 Å². The van der Waals surface area contributed by atoms with Gasteiger partial charge in [0, 0.05) is 4.88 Å². The van der Waals surface area contributed by atoms with E-state index in [4.69, 9.17) is 4.74 Å². The van der Waals surface area contributed by atoms with Crippen LogP contribution >= 0.6 is 11.3 Å². The number of rotatable bonds is 7. The molecule has 0 aliphatic heterocycles. The molecule has 5 nitrogen and oxygen atoms in total. The summed E-state index contributed by atoms with van der Waals surface area (Å²) in [5, 5.41) is 1.89. The first-order chi connectivity index (χ1) is 8.40. The van der Waals surface area contributed by atoms with Gasteiger partial charge in [-0.15, -0.1) is 11.3 Å². The van der Waals surface area contributed by atoms with Gasteiger partial charge in [0.1, 0.15) is 0 Å². The Hall–Kier alpha value is -0.920. The monoisotopic (exact) mass is 292 g/mol. The van der Waals surface area contributed by atoms with Crippen LogP contribution in [0.4, 0.5) is 0 Å². The fourth-order valence-electron chi connectivity index (χ4n) is 1.32. The predicted octanol–water partition coefficient (Wildman–Crippen LogP) is 1.37. The second kappa shape index (κ2) is 6.86. The first-order valence-electron chi connectivity index (χ1n) is 5.47. The zero-order chi connectivity index (χ0) is 13.6. The highest BCUT2D eigenvalue weighted by atomic mass is 32.2. The number of ether oxygens (including phenoxy) is 1. The van der Waals surface area contributed by atoms with E-state index < -0.39 is 10.1 Å². The first-order valence-corrected chi connectivity index (χ1v) is 8.16. The van der Waals surface area contributed by atoms with Gasteiger partial charge >= 0.3 is 5.97 Å². The van der Waals surface area contributed by atoms with E-state index in [0.717, 1.165) is 16.7 Å². The summed E-state index contributed by atoms with van der Waals surface area (Å²) in [7, 11) is -3.38. The van der Waals surface area contributed by atoms with E-state index in [1.54, 1.807) is 6.92 Å². The molecule has 18 heavy (non-hydrogen) atoms. The van der Waals surface area contributed by atoms with Crippen LogP contribution in [-0.4, -0.2) is 33.9 Å². The van der Waals surface area contributed by atoms with Crippen molar-refractivity contribution in [3.63, 3.8) is 0 Å². The van der Waals surface area contributed by atoms with Crippen LogP contribution in [0.15, 0.2) is 11.4 Å².